The average Bonchev–Trinajstić information content (AvgIpc) is 3.17. The molecule has 0 bridgehead atoms. The van der Waals surface area contributed by atoms with E-state index in [9.17, 15) is 4.79 Å². The summed E-state index contributed by atoms with van der Waals surface area (Å²) in [5.74, 6) is -0.0541. The Kier molecular flexibility index (Phi) is 6.13. The normalized spacial score (nSPS) is 11.2. The topological polar surface area (TPSA) is 36.4 Å². The van der Waals surface area contributed by atoms with E-state index in [0.29, 0.717) is 22.3 Å². The fourth-order valence-electron chi connectivity index (χ4n) is 3.18. The Morgan fingerprint density at radius 3 is 2.33 bits per heavy atom. The van der Waals surface area contributed by atoms with Crippen molar-refractivity contribution in [3.05, 3.63) is 83.4 Å². The van der Waals surface area contributed by atoms with Crippen LogP contribution in [-0.4, -0.2) is 43.0 Å². The van der Waals surface area contributed by atoms with E-state index < -0.39 is 0 Å². The number of nitrogens with zero attached hydrogens (tertiary/aromatic N) is 3. The molecule has 0 N–H and O–H groups in total. The lowest BCUT2D eigenvalue weighted by molar-refractivity contribution is 0.0985. The summed E-state index contributed by atoms with van der Waals surface area (Å²) in [6, 6.07) is 23.5. The summed E-state index contributed by atoms with van der Waals surface area (Å²) >= 11 is 7.61. The molecule has 0 aliphatic rings. The van der Waals surface area contributed by atoms with Crippen LogP contribution in [0.25, 0.3) is 21.3 Å². The van der Waals surface area contributed by atoms with E-state index in [1.807, 2.05) is 74.8 Å². The lowest BCUT2D eigenvalue weighted by Crippen LogP contribution is -2.36. The summed E-state index contributed by atoms with van der Waals surface area (Å²) in [6.45, 7) is 1.30. The highest BCUT2D eigenvalue weighted by Gasteiger charge is 2.21. The summed E-state index contributed by atoms with van der Waals surface area (Å²) in [6.07, 6.45) is 0. The molecule has 4 aromatic rings. The minimum absolute atomic E-state index is 0.0541. The fourth-order valence-corrected chi connectivity index (χ4v) is 4.44. The molecule has 3 aromatic carbocycles. The van der Waals surface area contributed by atoms with Crippen LogP contribution in [0.4, 0.5) is 5.13 Å². The quantitative estimate of drug-likeness (QED) is 0.382. The second kappa shape index (κ2) is 8.96. The Balaban J connectivity index is 1.65. The van der Waals surface area contributed by atoms with Crippen LogP contribution in [0.3, 0.4) is 0 Å². The molecule has 152 valence electrons. The van der Waals surface area contributed by atoms with Crippen LogP contribution in [0.15, 0.2) is 72.8 Å². The number of amides is 1. The molecular weight excluding hydrogens is 414 g/mol. The van der Waals surface area contributed by atoms with Crippen molar-refractivity contribution in [1.82, 2.24) is 9.88 Å². The van der Waals surface area contributed by atoms with Crippen LogP contribution in [0.1, 0.15) is 10.4 Å². The van der Waals surface area contributed by atoms with Gasteiger partial charge in [0.2, 0.25) is 0 Å². The van der Waals surface area contributed by atoms with Crippen molar-refractivity contribution in [2.24, 2.45) is 0 Å². The molecule has 4 rings (SSSR count). The molecule has 0 radical (unpaired) electrons. The molecule has 0 saturated heterocycles. The highest BCUT2D eigenvalue weighted by atomic mass is 35.5. The zero-order valence-electron chi connectivity index (χ0n) is 16.9. The number of rotatable bonds is 6. The summed E-state index contributed by atoms with van der Waals surface area (Å²) in [7, 11) is 3.99. The molecule has 0 aliphatic heterocycles. The van der Waals surface area contributed by atoms with Gasteiger partial charge >= 0.3 is 0 Å². The van der Waals surface area contributed by atoms with Gasteiger partial charge in [-0.05, 0) is 55.6 Å². The number of halogens is 1. The lowest BCUT2D eigenvalue weighted by Gasteiger charge is -2.22. The van der Waals surface area contributed by atoms with Gasteiger partial charge in [0.1, 0.15) is 0 Å². The standard InChI is InChI=1S/C24H22ClN3OS/c1-27(2)14-15-28(24-26-21-13-12-20(25)16-22(21)30-24)23(29)19-10-8-18(9-11-19)17-6-4-3-5-7-17/h3-13,16H,14-15H2,1-2H3. The molecule has 0 saturated carbocycles. The minimum Gasteiger partial charge on any atom is -0.308 e. The molecule has 0 unspecified atom stereocenters. The number of anilines is 1. The van der Waals surface area contributed by atoms with Gasteiger partial charge in [-0.25, -0.2) is 4.98 Å². The Labute approximate surface area is 185 Å². The van der Waals surface area contributed by atoms with E-state index in [4.69, 9.17) is 16.6 Å². The number of carbonyl (C=O) groups is 1. The van der Waals surface area contributed by atoms with Crippen LogP contribution in [0.2, 0.25) is 5.02 Å². The molecule has 1 aromatic heterocycles. The average molecular weight is 436 g/mol. The van der Waals surface area contributed by atoms with Crippen LogP contribution < -0.4 is 4.90 Å². The lowest BCUT2D eigenvalue weighted by atomic mass is 10.0. The number of benzene rings is 3. The highest BCUT2D eigenvalue weighted by molar-refractivity contribution is 7.22. The van der Waals surface area contributed by atoms with E-state index in [0.717, 1.165) is 27.9 Å². The van der Waals surface area contributed by atoms with Crippen molar-refractivity contribution in [1.29, 1.82) is 0 Å². The first-order valence-corrected chi connectivity index (χ1v) is 10.9. The van der Waals surface area contributed by atoms with Gasteiger partial charge < -0.3 is 4.90 Å². The van der Waals surface area contributed by atoms with Crippen molar-refractivity contribution in [3.8, 4) is 11.1 Å². The van der Waals surface area contributed by atoms with Crippen molar-refractivity contribution in [3.63, 3.8) is 0 Å². The predicted molar refractivity (Wildman–Crippen MR) is 127 cm³/mol. The highest BCUT2D eigenvalue weighted by Crippen LogP contribution is 2.31. The maximum atomic E-state index is 13.4. The first-order valence-electron chi connectivity index (χ1n) is 9.69. The molecule has 1 amide bonds. The smallest absolute Gasteiger partial charge is 0.260 e. The monoisotopic (exact) mass is 435 g/mol. The molecule has 0 aliphatic carbocycles. The summed E-state index contributed by atoms with van der Waals surface area (Å²) < 4.78 is 0.972. The van der Waals surface area contributed by atoms with Crippen molar-refractivity contribution < 1.29 is 4.79 Å². The molecule has 30 heavy (non-hydrogen) atoms. The van der Waals surface area contributed by atoms with Crippen LogP contribution in [0, 0.1) is 0 Å². The van der Waals surface area contributed by atoms with E-state index in [1.54, 1.807) is 4.90 Å². The second-order valence-corrected chi connectivity index (χ2v) is 8.76. The van der Waals surface area contributed by atoms with Crippen molar-refractivity contribution >= 4 is 44.2 Å². The van der Waals surface area contributed by atoms with Crippen molar-refractivity contribution in [2.75, 3.05) is 32.1 Å². The molecule has 0 atom stereocenters. The number of aromatic nitrogens is 1. The van der Waals surface area contributed by atoms with Crippen LogP contribution in [0.5, 0.6) is 0 Å². The van der Waals surface area contributed by atoms with Crippen molar-refractivity contribution in [2.45, 2.75) is 0 Å². The van der Waals surface area contributed by atoms with Gasteiger partial charge in [0.25, 0.3) is 5.91 Å². The maximum absolute atomic E-state index is 13.4. The fraction of sp³-hybridized carbons (Fsp3) is 0.167. The zero-order valence-corrected chi connectivity index (χ0v) is 18.5. The maximum Gasteiger partial charge on any atom is 0.260 e. The second-order valence-electron chi connectivity index (χ2n) is 7.31. The van der Waals surface area contributed by atoms with Gasteiger partial charge in [0, 0.05) is 23.7 Å². The zero-order chi connectivity index (χ0) is 21.1. The first-order chi connectivity index (χ1) is 14.5. The van der Waals surface area contributed by atoms with Gasteiger partial charge in [0.15, 0.2) is 5.13 Å². The van der Waals surface area contributed by atoms with E-state index in [1.165, 1.54) is 11.3 Å². The van der Waals surface area contributed by atoms with Gasteiger partial charge in [-0.15, -0.1) is 0 Å². The Hall–Kier alpha value is -2.73. The molecule has 0 spiro atoms. The number of thiazole rings is 1. The van der Waals surface area contributed by atoms with Gasteiger partial charge in [-0.1, -0.05) is 65.4 Å². The summed E-state index contributed by atoms with van der Waals surface area (Å²) in [5.41, 5.74) is 3.71. The third-order valence-electron chi connectivity index (χ3n) is 4.83. The Morgan fingerprint density at radius 2 is 1.63 bits per heavy atom. The Bertz CT molecular complexity index is 1160. The molecule has 0 fully saturated rings. The van der Waals surface area contributed by atoms with Gasteiger partial charge in [0.05, 0.1) is 10.2 Å². The van der Waals surface area contributed by atoms with Crippen LogP contribution in [-0.2, 0) is 0 Å². The van der Waals surface area contributed by atoms with Crippen LogP contribution >= 0.6 is 22.9 Å². The number of hydrogen-bond acceptors (Lipinski definition) is 4. The van der Waals surface area contributed by atoms with Gasteiger partial charge in [-0.3, -0.25) is 9.69 Å². The largest absolute Gasteiger partial charge is 0.308 e. The molecule has 4 nitrogen and oxygen atoms in total. The molecule has 1 heterocycles. The predicted octanol–water partition coefficient (Wildman–Crippen LogP) is 5.83. The minimum atomic E-state index is -0.0541. The molecule has 6 heteroatoms. The van der Waals surface area contributed by atoms with E-state index in [2.05, 4.69) is 17.0 Å². The first kappa shape index (κ1) is 20.5. The Morgan fingerprint density at radius 1 is 0.933 bits per heavy atom. The van der Waals surface area contributed by atoms with Gasteiger partial charge in [-0.2, -0.15) is 0 Å². The van der Waals surface area contributed by atoms with E-state index in [-0.39, 0.29) is 5.91 Å². The third-order valence-corrected chi connectivity index (χ3v) is 6.10. The van der Waals surface area contributed by atoms with E-state index >= 15 is 0 Å². The summed E-state index contributed by atoms with van der Waals surface area (Å²) in [5, 5.41) is 1.35. The molecular formula is C24H22ClN3OS. The number of carbonyl (C=O) groups excluding carboxylic acids is 1. The number of likely N-dealkylation sites (N-methyl/N-ethyl adjacent to an activating group) is 1. The number of hydrogen-bond donors (Lipinski definition) is 0. The third kappa shape index (κ3) is 4.54. The number of fused-ring (bicyclic) bond motifs is 1. The SMILES string of the molecule is CN(C)CCN(C(=O)c1ccc(-c2ccccc2)cc1)c1nc2ccc(Cl)cc2s1. The summed E-state index contributed by atoms with van der Waals surface area (Å²) in [4.78, 5) is 21.9.